The van der Waals surface area contributed by atoms with Crippen LogP contribution in [0.5, 0.6) is 0 Å². The number of hydrogen-bond donors (Lipinski definition) is 3. The van der Waals surface area contributed by atoms with Gasteiger partial charge in [-0.1, -0.05) is 29.3 Å². The fourth-order valence-corrected chi connectivity index (χ4v) is 8.49. The molecule has 2 fully saturated rings. The molecule has 2 amide bonds. The van der Waals surface area contributed by atoms with Gasteiger partial charge in [-0.3, -0.25) is 18.7 Å². The van der Waals surface area contributed by atoms with Gasteiger partial charge in [0.25, 0.3) is 5.91 Å². The number of β-amino-alcohol motifs (C(OH)–C–C–N with tert-alkyl or cyclic N) is 1. The Morgan fingerprint density at radius 3 is 2.58 bits per heavy atom. The van der Waals surface area contributed by atoms with E-state index < -0.39 is 10.8 Å². The quantitative estimate of drug-likeness (QED) is 0.302. The fraction of sp³-hybridized carbons (Fsp3) is 0.394. The summed E-state index contributed by atoms with van der Waals surface area (Å²) in [5.41, 5.74) is 5.93. The molecule has 0 bridgehead atoms. The summed E-state index contributed by atoms with van der Waals surface area (Å²) in [4.78, 5) is 34.8. The highest BCUT2D eigenvalue weighted by atomic mass is 35.5. The Balaban J connectivity index is 0.00000400. The predicted molar refractivity (Wildman–Crippen MR) is 179 cm³/mol. The van der Waals surface area contributed by atoms with Crippen LogP contribution in [0, 0.1) is 13.8 Å². The highest BCUT2D eigenvalue weighted by molar-refractivity contribution is 7.84. The maximum Gasteiger partial charge on any atom is 0.256 e. The van der Waals surface area contributed by atoms with Gasteiger partial charge in [0.15, 0.2) is 0 Å². The Morgan fingerprint density at radius 1 is 1.11 bits per heavy atom. The normalized spacial score (nSPS) is 21.2. The number of aryl methyl sites for hydroxylation is 1. The zero-order valence-corrected chi connectivity index (χ0v) is 27.6. The first kappa shape index (κ1) is 33.4. The number of fused-ring (bicyclic) bond motifs is 1. The number of nitrogens with zero attached hydrogens (tertiary/aromatic N) is 2. The molecule has 3 aliphatic heterocycles. The number of hydrogen-bond acceptors (Lipinski definition) is 5. The van der Waals surface area contributed by atoms with E-state index in [0.29, 0.717) is 43.9 Å². The van der Waals surface area contributed by atoms with Crippen LogP contribution in [0.4, 0.5) is 5.69 Å². The molecule has 4 heterocycles. The lowest BCUT2D eigenvalue weighted by atomic mass is 10.0. The molecule has 12 heteroatoms. The van der Waals surface area contributed by atoms with Crippen LogP contribution in [0.25, 0.3) is 11.6 Å². The highest BCUT2D eigenvalue weighted by Crippen LogP contribution is 2.36. The zero-order valence-electron chi connectivity index (χ0n) is 25.3. The third-order valence-corrected chi connectivity index (χ3v) is 11.1. The predicted octanol–water partition coefficient (Wildman–Crippen LogP) is 4.51. The lowest BCUT2D eigenvalue weighted by Gasteiger charge is -2.28. The molecule has 1 aromatic heterocycles. The summed E-state index contributed by atoms with van der Waals surface area (Å²) < 4.78 is 13.3. The Hall–Kier alpha value is -2.99. The maximum absolute atomic E-state index is 13.5. The summed E-state index contributed by atoms with van der Waals surface area (Å²) in [7, 11) is -1.44. The minimum Gasteiger partial charge on any atom is -0.412 e. The number of anilines is 1. The van der Waals surface area contributed by atoms with Crippen molar-refractivity contribution in [3.8, 4) is 0 Å². The zero-order chi connectivity index (χ0) is 31.1. The molecule has 0 spiro atoms. The minimum atomic E-state index is -1.44. The van der Waals surface area contributed by atoms with E-state index in [1.165, 1.54) is 0 Å². The number of aromatic nitrogens is 1. The number of amides is 2. The molecular weight excluding hydrogens is 635 g/mol. The van der Waals surface area contributed by atoms with E-state index in [0.717, 1.165) is 61.4 Å². The van der Waals surface area contributed by atoms with Gasteiger partial charge in [-0.25, -0.2) is 0 Å². The number of benzene rings is 2. The molecule has 2 aromatic carbocycles. The average Bonchev–Trinajstić information content (AvgIpc) is 3.75. The third kappa shape index (κ3) is 6.91. The van der Waals surface area contributed by atoms with E-state index in [9.17, 15) is 18.9 Å². The van der Waals surface area contributed by atoms with Gasteiger partial charge >= 0.3 is 0 Å². The molecule has 0 radical (unpaired) electrons. The third-order valence-electron chi connectivity index (χ3n) is 9.04. The van der Waals surface area contributed by atoms with Crippen molar-refractivity contribution in [2.75, 3.05) is 31.5 Å². The van der Waals surface area contributed by atoms with Crippen molar-refractivity contribution in [3.05, 3.63) is 80.1 Å². The average molecular weight is 674 g/mol. The van der Waals surface area contributed by atoms with Gasteiger partial charge in [-0.2, -0.15) is 0 Å². The van der Waals surface area contributed by atoms with E-state index in [1.54, 1.807) is 36.4 Å². The topological polar surface area (TPSA) is 137 Å². The van der Waals surface area contributed by atoms with E-state index in [2.05, 4.69) is 15.2 Å². The lowest BCUT2D eigenvalue weighted by molar-refractivity contribution is -0.131. The molecule has 1 unspecified atom stereocenters. The van der Waals surface area contributed by atoms with Crippen molar-refractivity contribution < 1.29 is 24.4 Å². The minimum absolute atomic E-state index is 0. The second-order valence-electron chi connectivity index (χ2n) is 11.9. The van der Waals surface area contributed by atoms with Gasteiger partial charge in [0.2, 0.25) is 5.91 Å². The number of aliphatic hydroxyl groups is 1. The lowest BCUT2D eigenvalue weighted by Crippen LogP contribution is -2.43. The first-order valence-electron chi connectivity index (χ1n) is 15.0. The maximum atomic E-state index is 13.5. The number of aromatic amines is 1. The van der Waals surface area contributed by atoms with Gasteiger partial charge in [0.05, 0.1) is 34.7 Å². The molecule has 6 rings (SSSR count). The number of H-pyrrole nitrogens is 1. The molecule has 45 heavy (non-hydrogen) atoms. The van der Waals surface area contributed by atoms with E-state index >= 15 is 0 Å². The first-order chi connectivity index (χ1) is 21.1. The SMILES string of the molecule is Cc1[nH]c(/C=C2\C(=O)Nc3ccc(S(=O)Cc4c(Cl)cccc4Cl)cc32)c(C)c1CC(=O)N1CCC[C@@H]1CN1CC[C@@H](O)C1.O. The Kier molecular flexibility index (Phi) is 10.2. The fourth-order valence-electron chi connectivity index (χ4n) is 6.59. The summed E-state index contributed by atoms with van der Waals surface area (Å²) in [5.74, 6) is 0.0154. The van der Waals surface area contributed by atoms with Gasteiger partial charge in [-0.15, -0.1) is 0 Å². The smallest absolute Gasteiger partial charge is 0.256 e. The van der Waals surface area contributed by atoms with Gasteiger partial charge in [-0.05, 0) is 80.6 Å². The monoisotopic (exact) mass is 672 g/mol. The summed E-state index contributed by atoms with van der Waals surface area (Å²) in [5, 5.41) is 13.7. The Labute approximate surface area is 275 Å². The van der Waals surface area contributed by atoms with Crippen LogP contribution < -0.4 is 5.32 Å². The molecular formula is C33H38Cl2N4O5S. The number of aliphatic hydroxyl groups excluding tert-OH is 1. The molecule has 240 valence electrons. The van der Waals surface area contributed by atoms with E-state index in [1.807, 2.05) is 24.8 Å². The number of rotatable bonds is 8. The molecule has 9 nitrogen and oxygen atoms in total. The van der Waals surface area contributed by atoms with Crippen LogP contribution in [-0.4, -0.2) is 79.7 Å². The second kappa shape index (κ2) is 13.8. The number of halogens is 2. The molecule has 3 aromatic rings. The standard InChI is InChI=1S/C33H36Cl2N4O4S.H2O/c1-19-24(15-32(41)39-11-4-5-21(39)16-38-12-10-22(40)17-38)20(2)36-31(19)14-26-25-13-23(8-9-30(25)37-33(26)42)44(43)18-27-28(34)6-3-7-29(27)35;/h3,6-9,13-14,21-22,36,40H,4-5,10-12,15-18H2,1-2H3,(H,37,42);1H2/b26-14-;/t21-,22-,44?;/m1./s1. The van der Waals surface area contributed by atoms with E-state index in [-0.39, 0.29) is 41.6 Å². The molecule has 3 atom stereocenters. The van der Waals surface area contributed by atoms with Crippen LogP contribution in [0.15, 0.2) is 41.3 Å². The van der Waals surface area contributed by atoms with Crippen molar-refractivity contribution in [2.24, 2.45) is 0 Å². The van der Waals surface area contributed by atoms with Crippen LogP contribution in [0.3, 0.4) is 0 Å². The van der Waals surface area contributed by atoms with E-state index in [4.69, 9.17) is 23.2 Å². The molecule has 0 saturated carbocycles. The van der Waals surface area contributed by atoms with Crippen molar-refractivity contribution in [3.63, 3.8) is 0 Å². The summed E-state index contributed by atoms with van der Waals surface area (Å²) >= 11 is 12.6. The Bertz CT molecular complexity index is 1670. The van der Waals surface area contributed by atoms with Crippen molar-refractivity contribution >= 4 is 63.2 Å². The Morgan fingerprint density at radius 2 is 1.87 bits per heavy atom. The first-order valence-corrected chi connectivity index (χ1v) is 17.0. The summed E-state index contributed by atoms with van der Waals surface area (Å²) in [6.07, 6.45) is 4.59. The number of likely N-dealkylation sites (tertiary alicyclic amines) is 2. The van der Waals surface area contributed by atoms with Crippen molar-refractivity contribution in [1.82, 2.24) is 14.8 Å². The van der Waals surface area contributed by atoms with Crippen LogP contribution >= 0.6 is 23.2 Å². The summed E-state index contributed by atoms with van der Waals surface area (Å²) in [6.45, 7) is 7.03. The molecule has 5 N–H and O–H groups in total. The molecule has 2 saturated heterocycles. The van der Waals surface area contributed by atoms with Gasteiger partial charge in [0.1, 0.15) is 0 Å². The molecule has 0 aliphatic carbocycles. The van der Waals surface area contributed by atoms with Crippen molar-refractivity contribution in [2.45, 2.75) is 62.3 Å². The molecule has 3 aliphatic rings. The van der Waals surface area contributed by atoms with Crippen molar-refractivity contribution in [1.29, 1.82) is 0 Å². The second-order valence-corrected chi connectivity index (χ2v) is 14.2. The largest absolute Gasteiger partial charge is 0.412 e. The van der Waals surface area contributed by atoms with Gasteiger partial charge < -0.3 is 25.8 Å². The van der Waals surface area contributed by atoms with Gasteiger partial charge in [0, 0.05) is 75.4 Å². The number of carbonyl (C=O) groups excluding carboxylic acids is 2. The van der Waals surface area contributed by atoms with Crippen LogP contribution in [-0.2, 0) is 32.6 Å². The summed E-state index contributed by atoms with van der Waals surface area (Å²) in [6, 6.07) is 10.6. The number of nitrogens with one attached hydrogen (secondary N) is 2. The highest BCUT2D eigenvalue weighted by Gasteiger charge is 2.33. The van der Waals surface area contributed by atoms with Crippen LogP contribution in [0.2, 0.25) is 10.0 Å². The van der Waals surface area contributed by atoms with Crippen LogP contribution in [0.1, 0.15) is 52.9 Å². The number of carbonyl (C=O) groups is 2.